The van der Waals surface area contributed by atoms with E-state index in [1.54, 1.807) is 18.9 Å². The van der Waals surface area contributed by atoms with Gasteiger partial charge in [-0.25, -0.2) is 0 Å². The highest BCUT2D eigenvalue weighted by molar-refractivity contribution is 8.00. The summed E-state index contributed by atoms with van der Waals surface area (Å²) in [6, 6.07) is 12.3. The fourth-order valence-corrected chi connectivity index (χ4v) is 3.68. The minimum Gasteiger partial charge on any atom is -0.383 e. The number of benzene rings is 1. The summed E-state index contributed by atoms with van der Waals surface area (Å²) in [6.07, 6.45) is 4.15. The highest BCUT2D eigenvalue weighted by atomic mass is 32.2. The third-order valence-corrected chi connectivity index (χ3v) is 4.82. The first-order valence-electron chi connectivity index (χ1n) is 6.93. The predicted molar refractivity (Wildman–Crippen MR) is 84.6 cm³/mol. The zero-order chi connectivity index (χ0) is 14.7. The SMILES string of the molecule is COCCN1C(=O)CS[C@H]1c1ccn(-c2ccccc2)c1. The number of nitrogens with zero attached hydrogens (tertiary/aromatic N) is 2. The summed E-state index contributed by atoms with van der Waals surface area (Å²) in [6.45, 7) is 1.21. The molecule has 0 saturated carbocycles. The van der Waals surface area contributed by atoms with Crippen molar-refractivity contribution in [2.45, 2.75) is 5.37 Å². The van der Waals surface area contributed by atoms with Gasteiger partial charge >= 0.3 is 0 Å². The van der Waals surface area contributed by atoms with Crippen LogP contribution in [0.25, 0.3) is 5.69 Å². The molecule has 1 atom stereocenters. The molecule has 0 radical (unpaired) electrons. The monoisotopic (exact) mass is 302 g/mol. The molecule has 1 saturated heterocycles. The summed E-state index contributed by atoms with van der Waals surface area (Å²) in [5.74, 6) is 0.736. The molecule has 21 heavy (non-hydrogen) atoms. The first-order chi connectivity index (χ1) is 10.3. The van der Waals surface area contributed by atoms with Crippen molar-refractivity contribution < 1.29 is 9.53 Å². The number of aromatic nitrogens is 1. The van der Waals surface area contributed by atoms with Gasteiger partial charge in [-0.05, 0) is 18.2 Å². The van der Waals surface area contributed by atoms with Gasteiger partial charge in [0.25, 0.3) is 0 Å². The van der Waals surface area contributed by atoms with Crippen molar-refractivity contribution in [2.75, 3.05) is 26.0 Å². The van der Waals surface area contributed by atoms with Crippen LogP contribution < -0.4 is 0 Å². The maximum absolute atomic E-state index is 12.0. The molecule has 3 rings (SSSR count). The predicted octanol–water partition coefficient (Wildman–Crippen LogP) is 2.70. The molecule has 1 aliphatic heterocycles. The maximum Gasteiger partial charge on any atom is 0.233 e. The second-order valence-corrected chi connectivity index (χ2v) is 6.00. The summed E-state index contributed by atoms with van der Waals surface area (Å²) < 4.78 is 7.19. The normalized spacial score (nSPS) is 18.4. The lowest BCUT2D eigenvalue weighted by atomic mass is 10.3. The molecule has 5 heteroatoms. The molecule has 0 bridgehead atoms. The molecule has 1 aromatic carbocycles. The van der Waals surface area contributed by atoms with Crippen LogP contribution in [0, 0.1) is 0 Å². The van der Waals surface area contributed by atoms with Gasteiger partial charge in [-0.3, -0.25) is 4.79 Å². The Labute approximate surface area is 128 Å². The second kappa shape index (κ2) is 6.37. The van der Waals surface area contributed by atoms with Crippen LogP contribution in [0.5, 0.6) is 0 Å². The molecule has 0 aliphatic carbocycles. The molecule has 2 aromatic rings. The van der Waals surface area contributed by atoms with E-state index in [2.05, 4.69) is 29.0 Å². The fraction of sp³-hybridized carbons (Fsp3) is 0.312. The quantitative estimate of drug-likeness (QED) is 0.851. The van der Waals surface area contributed by atoms with E-state index in [4.69, 9.17) is 4.74 Å². The Balaban J connectivity index is 1.80. The summed E-state index contributed by atoms with van der Waals surface area (Å²) >= 11 is 1.68. The van der Waals surface area contributed by atoms with Crippen molar-refractivity contribution in [1.29, 1.82) is 0 Å². The van der Waals surface area contributed by atoms with Gasteiger partial charge in [0.1, 0.15) is 5.37 Å². The Morgan fingerprint density at radius 2 is 2.10 bits per heavy atom. The topological polar surface area (TPSA) is 34.5 Å². The van der Waals surface area contributed by atoms with Crippen LogP contribution in [0.4, 0.5) is 0 Å². The third kappa shape index (κ3) is 2.99. The van der Waals surface area contributed by atoms with Gasteiger partial charge in [0.2, 0.25) is 5.91 Å². The van der Waals surface area contributed by atoms with Crippen LogP contribution in [0.2, 0.25) is 0 Å². The van der Waals surface area contributed by atoms with Crippen molar-refractivity contribution in [3.05, 3.63) is 54.4 Å². The number of carbonyl (C=O) groups is 1. The van der Waals surface area contributed by atoms with Gasteiger partial charge < -0.3 is 14.2 Å². The summed E-state index contributed by atoms with van der Waals surface area (Å²) in [5.41, 5.74) is 2.28. The van der Waals surface area contributed by atoms with E-state index < -0.39 is 0 Å². The number of hydrogen-bond acceptors (Lipinski definition) is 3. The van der Waals surface area contributed by atoms with Crippen molar-refractivity contribution >= 4 is 17.7 Å². The van der Waals surface area contributed by atoms with E-state index in [0.717, 1.165) is 11.3 Å². The molecular formula is C16H18N2O2S. The molecule has 0 unspecified atom stereocenters. The van der Waals surface area contributed by atoms with Gasteiger partial charge in [0, 0.05) is 37.3 Å². The van der Waals surface area contributed by atoms with Gasteiger partial charge in [0.15, 0.2) is 0 Å². The average molecular weight is 302 g/mol. The Morgan fingerprint density at radius 1 is 1.29 bits per heavy atom. The minimum atomic E-state index is 0.0950. The van der Waals surface area contributed by atoms with Gasteiger partial charge in [-0.15, -0.1) is 11.8 Å². The summed E-state index contributed by atoms with van der Waals surface area (Å²) in [4.78, 5) is 13.9. The van der Waals surface area contributed by atoms with E-state index >= 15 is 0 Å². The van der Waals surface area contributed by atoms with Gasteiger partial charge in [0.05, 0.1) is 12.4 Å². The van der Waals surface area contributed by atoms with Crippen molar-refractivity contribution in [3.63, 3.8) is 0 Å². The summed E-state index contributed by atoms with van der Waals surface area (Å²) in [5, 5.41) is 0.0950. The van der Waals surface area contributed by atoms with Gasteiger partial charge in [-0.1, -0.05) is 18.2 Å². The van der Waals surface area contributed by atoms with E-state index in [-0.39, 0.29) is 11.3 Å². The van der Waals surface area contributed by atoms with Crippen molar-refractivity contribution in [2.24, 2.45) is 0 Å². The first-order valence-corrected chi connectivity index (χ1v) is 7.98. The molecule has 1 aromatic heterocycles. The van der Waals surface area contributed by atoms with E-state index in [9.17, 15) is 4.79 Å². The maximum atomic E-state index is 12.0. The molecule has 1 aliphatic rings. The second-order valence-electron chi connectivity index (χ2n) is 4.93. The van der Waals surface area contributed by atoms with Crippen LogP contribution in [0.3, 0.4) is 0 Å². The number of thioether (sulfide) groups is 1. The summed E-state index contributed by atoms with van der Waals surface area (Å²) in [7, 11) is 1.66. The van der Waals surface area contributed by atoms with Gasteiger partial charge in [-0.2, -0.15) is 0 Å². The molecule has 110 valence electrons. The zero-order valence-corrected chi connectivity index (χ0v) is 12.8. The molecular weight excluding hydrogens is 284 g/mol. The Bertz CT molecular complexity index is 612. The third-order valence-electron chi connectivity index (χ3n) is 3.56. The van der Waals surface area contributed by atoms with Crippen LogP contribution >= 0.6 is 11.8 Å². The Kier molecular flexibility index (Phi) is 4.31. The molecule has 4 nitrogen and oxygen atoms in total. The lowest BCUT2D eigenvalue weighted by molar-refractivity contribution is -0.128. The molecule has 2 heterocycles. The number of hydrogen-bond donors (Lipinski definition) is 0. The molecule has 1 amide bonds. The number of rotatable bonds is 5. The lowest BCUT2D eigenvalue weighted by Gasteiger charge is -2.22. The number of methoxy groups -OCH3 is 1. The highest BCUT2D eigenvalue weighted by Crippen LogP contribution is 2.38. The zero-order valence-electron chi connectivity index (χ0n) is 11.9. The number of ether oxygens (including phenoxy) is 1. The number of amides is 1. The standard InChI is InChI=1S/C16H18N2O2S/c1-20-10-9-18-15(19)12-21-16(18)13-7-8-17(11-13)14-5-3-2-4-6-14/h2-8,11,16H,9-10,12H2,1H3/t16-/m0/s1. The fourth-order valence-electron chi connectivity index (χ4n) is 2.48. The van der Waals surface area contributed by atoms with Crippen LogP contribution in [-0.2, 0) is 9.53 Å². The van der Waals surface area contributed by atoms with Crippen molar-refractivity contribution in [3.8, 4) is 5.69 Å². The highest BCUT2D eigenvalue weighted by Gasteiger charge is 2.32. The molecule has 0 spiro atoms. The molecule has 1 fully saturated rings. The first kappa shape index (κ1) is 14.2. The Morgan fingerprint density at radius 3 is 2.86 bits per heavy atom. The van der Waals surface area contributed by atoms with Crippen LogP contribution in [0.1, 0.15) is 10.9 Å². The van der Waals surface area contributed by atoms with Crippen LogP contribution in [-0.4, -0.2) is 41.4 Å². The minimum absolute atomic E-state index is 0.0950. The molecule has 0 N–H and O–H groups in total. The lowest BCUT2D eigenvalue weighted by Crippen LogP contribution is -2.31. The van der Waals surface area contributed by atoms with E-state index in [0.29, 0.717) is 18.9 Å². The largest absolute Gasteiger partial charge is 0.383 e. The van der Waals surface area contributed by atoms with Crippen LogP contribution in [0.15, 0.2) is 48.8 Å². The van der Waals surface area contributed by atoms with Crippen molar-refractivity contribution in [1.82, 2.24) is 9.47 Å². The smallest absolute Gasteiger partial charge is 0.233 e. The number of carbonyl (C=O) groups excluding carboxylic acids is 1. The van der Waals surface area contributed by atoms with E-state index in [1.807, 2.05) is 29.3 Å². The average Bonchev–Trinajstić information content (AvgIpc) is 3.13. The number of para-hydroxylation sites is 1. The van der Waals surface area contributed by atoms with E-state index in [1.165, 1.54) is 0 Å². The Hall–Kier alpha value is -1.72.